The molecule has 2 atom stereocenters. The van der Waals surface area contributed by atoms with Gasteiger partial charge in [0.25, 0.3) is 0 Å². The predicted octanol–water partition coefficient (Wildman–Crippen LogP) is 1.51. The Morgan fingerprint density at radius 1 is 1.33 bits per heavy atom. The van der Waals surface area contributed by atoms with Crippen LogP contribution >= 0.6 is 0 Å². The Kier molecular flexibility index (Phi) is 3.34. The Balaban J connectivity index is 2.16. The van der Waals surface area contributed by atoms with Crippen molar-refractivity contribution in [3.05, 3.63) is 35.6 Å². The van der Waals surface area contributed by atoms with Crippen LogP contribution in [0.15, 0.2) is 24.3 Å². The molecule has 3 heteroatoms. The van der Waals surface area contributed by atoms with Crippen molar-refractivity contribution in [1.29, 1.82) is 0 Å². The van der Waals surface area contributed by atoms with Gasteiger partial charge in [-0.1, -0.05) is 12.1 Å². The second-order valence-electron chi connectivity index (χ2n) is 4.09. The van der Waals surface area contributed by atoms with Gasteiger partial charge < -0.3 is 10.4 Å². The zero-order chi connectivity index (χ0) is 10.7. The molecule has 82 valence electrons. The van der Waals surface area contributed by atoms with Crippen molar-refractivity contribution in [3.63, 3.8) is 0 Å². The average Bonchev–Trinajstić information content (AvgIpc) is 2.30. The molecule has 1 aliphatic heterocycles. The van der Waals surface area contributed by atoms with Crippen molar-refractivity contribution in [2.45, 2.75) is 12.3 Å². The Labute approximate surface area is 89.1 Å². The van der Waals surface area contributed by atoms with E-state index in [9.17, 15) is 9.50 Å². The fourth-order valence-electron chi connectivity index (χ4n) is 2.26. The van der Waals surface area contributed by atoms with Gasteiger partial charge in [0.2, 0.25) is 0 Å². The Morgan fingerprint density at radius 2 is 2.07 bits per heavy atom. The summed E-state index contributed by atoms with van der Waals surface area (Å²) in [5, 5.41) is 12.5. The molecule has 1 unspecified atom stereocenters. The molecule has 0 saturated carbocycles. The van der Waals surface area contributed by atoms with Crippen molar-refractivity contribution in [3.8, 4) is 0 Å². The Hall–Kier alpha value is -0.930. The number of benzene rings is 1. The molecule has 1 aromatic carbocycles. The zero-order valence-corrected chi connectivity index (χ0v) is 8.62. The third-order valence-corrected chi connectivity index (χ3v) is 3.14. The summed E-state index contributed by atoms with van der Waals surface area (Å²) in [6.45, 7) is 2.01. The number of hydrogen-bond acceptors (Lipinski definition) is 2. The van der Waals surface area contributed by atoms with Crippen molar-refractivity contribution in [2.24, 2.45) is 5.92 Å². The summed E-state index contributed by atoms with van der Waals surface area (Å²) in [5.41, 5.74) is 1.14. The van der Waals surface area contributed by atoms with Gasteiger partial charge in [-0.15, -0.1) is 0 Å². The van der Waals surface area contributed by atoms with Gasteiger partial charge in [-0.25, -0.2) is 4.39 Å². The third-order valence-electron chi connectivity index (χ3n) is 3.14. The lowest BCUT2D eigenvalue weighted by Gasteiger charge is -2.31. The summed E-state index contributed by atoms with van der Waals surface area (Å²) < 4.78 is 12.8. The fourth-order valence-corrected chi connectivity index (χ4v) is 2.26. The molecular formula is C12H16FNO. The standard InChI is InChI=1S/C12H16FNO/c13-11-3-1-9(2-4-11)12-5-6-14-7-10(12)8-15/h1-4,10,12,14-15H,5-8H2/t10?,12-/m1/s1. The molecule has 2 rings (SSSR count). The summed E-state index contributed by atoms with van der Waals surface area (Å²) in [5.74, 6) is 0.411. The maximum atomic E-state index is 12.8. The molecule has 1 aliphatic rings. The summed E-state index contributed by atoms with van der Waals surface area (Å²) >= 11 is 0. The van der Waals surface area contributed by atoms with Crippen LogP contribution in [0.1, 0.15) is 17.9 Å². The van der Waals surface area contributed by atoms with Crippen LogP contribution < -0.4 is 5.32 Å². The first-order valence-electron chi connectivity index (χ1n) is 5.38. The van der Waals surface area contributed by atoms with Crippen LogP contribution in [0.3, 0.4) is 0 Å². The average molecular weight is 209 g/mol. The van der Waals surface area contributed by atoms with Crippen LogP contribution in [0.25, 0.3) is 0 Å². The number of aliphatic hydroxyl groups is 1. The van der Waals surface area contributed by atoms with Crippen molar-refractivity contribution < 1.29 is 9.50 Å². The maximum Gasteiger partial charge on any atom is 0.123 e. The first kappa shape index (κ1) is 10.6. The zero-order valence-electron chi connectivity index (χ0n) is 8.62. The SMILES string of the molecule is OCC1CNCC[C@@H]1c1ccc(F)cc1. The van der Waals surface area contributed by atoms with Crippen molar-refractivity contribution >= 4 is 0 Å². The van der Waals surface area contributed by atoms with Crippen LogP contribution in [-0.2, 0) is 0 Å². The number of aliphatic hydroxyl groups excluding tert-OH is 1. The summed E-state index contributed by atoms with van der Waals surface area (Å²) in [6, 6.07) is 6.64. The van der Waals surface area contributed by atoms with E-state index in [4.69, 9.17) is 0 Å². The number of rotatable bonds is 2. The number of halogens is 1. The van der Waals surface area contributed by atoms with E-state index >= 15 is 0 Å². The highest BCUT2D eigenvalue weighted by Crippen LogP contribution is 2.29. The van der Waals surface area contributed by atoms with Crippen molar-refractivity contribution in [1.82, 2.24) is 5.32 Å². The molecule has 0 aliphatic carbocycles. The second-order valence-corrected chi connectivity index (χ2v) is 4.09. The molecule has 0 radical (unpaired) electrons. The third kappa shape index (κ3) is 2.36. The normalized spacial score (nSPS) is 26.5. The van der Waals surface area contributed by atoms with E-state index in [0.717, 1.165) is 25.1 Å². The van der Waals surface area contributed by atoms with Gasteiger partial charge >= 0.3 is 0 Å². The lowest BCUT2D eigenvalue weighted by Crippen LogP contribution is -2.37. The molecule has 1 fully saturated rings. The van der Waals surface area contributed by atoms with Gasteiger partial charge in [-0.3, -0.25) is 0 Å². The molecule has 1 aromatic rings. The minimum atomic E-state index is -0.201. The lowest BCUT2D eigenvalue weighted by atomic mass is 9.82. The lowest BCUT2D eigenvalue weighted by molar-refractivity contribution is 0.179. The summed E-state index contributed by atoms with van der Waals surface area (Å²) in [4.78, 5) is 0. The minimum Gasteiger partial charge on any atom is -0.396 e. The van der Waals surface area contributed by atoms with Gasteiger partial charge in [0, 0.05) is 19.1 Å². The monoisotopic (exact) mass is 209 g/mol. The number of hydrogen-bond donors (Lipinski definition) is 2. The van der Waals surface area contributed by atoms with Crippen molar-refractivity contribution in [2.75, 3.05) is 19.7 Å². The maximum absolute atomic E-state index is 12.8. The topological polar surface area (TPSA) is 32.3 Å². The van der Waals surface area contributed by atoms with Crippen LogP contribution in [0.2, 0.25) is 0 Å². The van der Waals surface area contributed by atoms with E-state index in [1.165, 1.54) is 12.1 Å². The highest BCUT2D eigenvalue weighted by Gasteiger charge is 2.25. The van der Waals surface area contributed by atoms with E-state index in [1.54, 1.807) is 0 Å². The van der Waals surface area contributed by atoms with E-state index in [1.807, 2.05) is 12.1 Å². The Morgan fingerprint density at radius 3 is 2.73 bits per heavy atom. The molecular weight excluding hydrogens is 193 g/mol. The van der Waals surface area contributed by atoms with Gasteiger partial charge in [0.05, 0.1) is 0 Å². The molecule has 0 amide bonds. The smallest absolute Gasteiger partial charge is 0.123 e. The molecule has 0 spiro atoms. The van der Waals surface area contributed by atoms with Crippen LogP contribution in [-0.4, -0.2) is 24.8 Å². The number of piperidine rings is 1. The van der Waals surface area contributed by atoms with Crippen LogP contribution in [0, 0.1) is 11.7 Å². The fraction of sp³-hybridized carbons (Fsp3) is 0.500. The quantitative estimate of drug-likeness (QED) is 0.774. The minimum absolute atomic E-state index is 0.190. The summed E-state index contributed by atoms with van der Waals surface area (Å²) in [7, 11) is 0. The molecule has 0 bridgehead atoms. The van der Waals surface area contributed by atoms with E-state index < -0.39 is 0 Å². The van der Waals surface area contributed by atoms with Crippen LogP contribution in [0.5, 0.6) is 0 Å². The second kappa shape index (κ2) is 4.73. The molecule has 0 aromatic heterocycles. The number of nitrogens with one attached hydrogen (secondary N) is 1. The highest BCUT2D eigenvalue weighted by molar-refractivity contribution is 5.22. The Bertz CT molecular complexity index is 312. The van der Waals surface area contributed by atoms with Gasteiger partial charge in [-0.2, -0.15) is 0 Å². The summed E-state index contributed by atoms with van der Waals surface area (Å²) in [6.07, 6.45) is 1.01. The molecule has 2 N–H and O–H groups in total. The van der Waals surface area contributed by atoms with E-state index in [0.29, 0.717) is 5.92 Å². The van der Waals surface area contributed by atoms with Gasteiger partial charge in [0.1, 0.15) is 5.82 Å². The van der Waals surface area contributed by atoms with Crippen LogP contribution in [0.4, 0.5) is 4.39 Å². The van der Waals surface area contributed by atoms with Gasteiger partial charge in [-0.05, 0) is 36.6 Å². The van der Waals surface area contributed by atoms with Gasteiger partial charge in [0.15, 0.2) is 0 Å². The molecule has 1 heterocycles. The van der Waals surface area contributed by atoms with E-state index in [-0.39, 0.29) is 18.3 Å². The predicted molar refractivity (Wildman–Crippen MR) is 57.2 cm³/mol. The highest BCUT2D eigenvalue weighted by atomic mass is 19.1. The first-order chi connectivity index (χ1) is 7.31. The molecule has 1 saturated heterocycles. The molecule has 15 heavy (non-hydrogen) atoms. The molecule has 2 nitrogen and oxygen atoms in total. The largest absolute Gasteiger partial charge is 0.396 e. The first-order valence-corrected chi connectivity index (χ1v) is 5.38. The van der Waals surface area contributed by atoms with E-state index in [2.05, 4.69) is 5.32 Å².